The van der Waals surface area contributed by atoms with Crippen molar-refractivity contribution >= 4 is 5.82 Å². The van der Waals surface area contributed by atoms with E-state index in [1.165, 1.54) is 0 Å². The van der Waals surface area contributed by atoms with Crippen LogP contribution in [0.3, 0.4) is 0 Å². The normalized spacial score (nSPS) is 12.5. The molecular formula is C9H16N4. The minimum atomic E-state index is 0.432. The van der Waals surface area contributed by atoms with Crippen LogP contribution >= 0.6 is 0 Å². The SMILES string of the molecule is CNC(C)CNc1nccnc1C. The zero-order chi connectivity index (χ0) is 9.68. The van der Waals surface area contributed by atoms with E-state index in [1.54, 1.807) is 12.4 Å². The third-order valence-electron chi connectivity index (χ3n) is 1.95. The van der Waals surface area contributed by atoms with Gasteiger partial charge in [-0.2, -0.15) is 0 Å². The Labute approximate surface area is 78.8 Å². The highest BCUT2D eigenvalue weighted by atomic mass is 15.0. The Bertz CT molecular complexity index is 262. The average molecular weight is 180 g/mol. The van der Waals surface area contributed by atoms with Crippen molar-refractivity contribution in [2.24, 2.45) is 0 Å². The Hall–Kier alpha value is -1.16. The lowest BCUT2D eigenvalue weighted by Gasteiger charge is -2.12. The van der Waals surface area contributed by atoms with Crippen LogP contribution in [0.25, 0.3) is 0 Å². The summed E-state index contributed by atoms with van der Waals surface area (Å²) in [6, 6.07) is 0.432. The van der Waals surface area contributed by atoms with Crippen molar-refractivity contribution in [1.29, 1.82) is 0 Å². The molecule has 0 saturated carbocycles. The fourth-order valence-electron chi connectivity index (χ4n) is 0.933. The molecule has 0 fully saturated rings. The number of nitrogens with zero attached hydrogens (tertiary/aromatic N) is 2. The van der Waals surface area contributed by atoms with Gasteiger partial charge in [0.1, 0.15) is 5.82 Å². The van der Waals surface area contributed by atoms with Crippen LogP contribution in [0.4, 0.5) is 5.82 Å². The molecule has 13 heavy (non-hydrogen) atoms. The zero-order valence-corrected chi connectivity index (χ0v) is 8.33. The quantitative estimate of drug-likeness (QED) is 0.719. The van der Waals surface area contributed by atoms with E-state index >= 15 is 0 Å². The van der Waals surface area contributed by atoms with E-state index in [0.29, 0.717) is 6.04 Å². The van der Waals surface area contributed by atoms with Gasteiger partial charge in [0, 0.05) is 25.0 Å². The Kier molecular flexibility index (Phi) is 3.64. The van der Waals surface area contributed by atoms with Crippen LogP contribution in [-0.2, 0) is 0 Å². The highest BCUT2D eigenvalue weighted by Crippen LogP contribution is 2.05. The number of likely N-dealkylation sites (N-methyl/N-ethyl adjacent to an activating group) is 1. The summed E-state index contributed by atoms with van der Waals surface area (Å²) in [7, 11) is 1.94. The number of aryl methyl sites for hydroxylation is 1. The van der Waals surface area contributed by atoms with Crippen molar-refractivity contribution in [2.75, 3.05) is 18.9 Å². The lowest BCUT2D eigenvalue weighted by Crippen LogP contribution is -2.29. The molecule has 0 aliphatic carbocycles. The highest BCUT2D eigenvalue weighted by Gasteiger charge is 2.01. The molecule has 2 N–H and O–H groups in total. The molecule has 1 aromatic heterocycles. The van der Waals surface area contributed by atoms with Gasteiger partial charge in [0.15, 0.2) is 0 Å². The van der Waals surface area contributed by atoms with Gasteiger partial charge in [-0.3, -0.25) is 4.98 Å². The second-order valence-electron chi connectivity index (χ2n) is 3.06. The topological polar surface area (TPSA) is 49.8 Å². The molecule has 0 aromatic carbocycles. The fraction of sp³-hybridized carbons (Fsp3) is 0.556. The van der Waals surface area contributed by atoms with Gasteiger partial charge >= 0.3 is 0 Å². The van der Waals surface area contributed by atoms with Gasteiger partial charge < -0.3 is 10.6 Å². The van der Waals surface area contributed by atoms with Crippen LogP contribution in [0, 0.1) is 6.92 Å². The van der Waals surface area contributed by atoms with Crippen molar-refractivity contribution in [3.8, 4) is 0 Å². The standard InChI is InChI=1S/C9H16N4/c1-7(10-3)6-13-9-8(2)11-4-5-12-9/h4-5,7,10H,6H2,1-3H3,(H,12,13). The largest absolute Gasteiger partial charge is 0.367 e. The van der Waals surface area contributed by atoms with Gasteiger partial charge in [-0.15, -0.1) is 0 Å². The molecule has 0 amide bonds. The second kappa shape index (κ2) is 4.77. The predicted molar refractivity (Wildman–Crippen MR) is 53.8 cm³/mol. The molecule has 4 nitrogen and oxygen atoms in total. The van der Waals surface area contributed by atoms with E-state index in [0.717, 1.165) is 18.1 Å². The summed E-state index contributed by atoms with van der Waals surface area (Å²) in [4.78, 5) is 8.32. The predicted octanol–water partition coefficient (Wildman–Crippen LogP) is 0.805. The number of hydrogen-bond donors (Lipinski definition) is 2. The van der Waals surface area contributed by atoms with E-state index in [4.69, 9.17) is 0 Å². The summed E-state index contributed by atoms with van der Waals surface area (Å²) in [5, 5.41) is 6.37. The van der Waals surface area contributed by atoms with E-state index in [-0.39, 0.29) is 0 Å². The van der Waals surface area contributed by atoms with Gasteiger partial charge in [0.25, 0.3) is 0 Å². The first-order valence-corrected chi connectivity index (χ1v) is 4.42. The van der Waals surface area contributed by atoms with Crippen LogP contribution in [0.1, 0.15) is 12.6 Å². The highest BCUT2D eigenvalue weighted by molar-refractivity contribution is 5.38. The number of rotatable bonds is 4. The van der Waals surface area contributed by atoms with Crippen molar-refractivity contribution in [1.82, 2.24) is 15.3 Å². The number of anilines is 1. The Balaban J connectivity index is 2.50. The average Bonchev–Trinajstić information content (AvgIpc) is 2.16. The van der Waals surface area contributed by atoms with E-state index in [2.05, 4.69) is 27.5 Å². The molecular weight excluding hydrogens is 164 g/mol. The van der Waals surface area contributed by atoms with E-state index in [1.807, 2.05) is 14.0 Å². The zero-order valence-electron chi connectivity index (χ0n) is 8.33. The van der Waals surface area contributed by atoms with Crippen LogP contribution in [-0.4, -0.2) is 29.6 Å². The molecule has 0 aliphatic heterocycles. The van der Waals surface area contributed by atoms with Crippen LogP contribution in [0.2, 0.25) is 0 Å². The molecule has 1 rings (SSSR count). The summed E-state index contributed by atoms with van der Waals surface area (Å²) in [5.41, 5.74) is 0.936. The first-order valence-electron chi connectivity index (χ1n) is 4.42. The number of nitrogens with one attached hydrogen (secondary N) is 2. The maximum absolute atomic E-state index is 4.18. The van der Waals surface area contributed by atoms with E-state index in [9.17, 15) is 0 Å². The molecule has 1 aromatic rings. The minimum Gasteiger partial charge on any atom is -0.367 e. The Morgan fingerprint density at radius 2 is 2.08 bits per heavy atom. The maximum atomic E-state index is 4.18. The summed E-state index contributed by atoms with van der Waals surface area (Å²) in [6.45, 7) is 4.91. The monoisotopic (exact) mass is 180 g/mol. The minimum absolute atomic E-state index is 0.432. The summed E-state index contributed by atoms with van der Waals surface area (Å²) < 4.78 is 0. The van der Waals surface area contributed by atoms with Crippen LogP contribution in [0.5, 0.6) is 0 Å². The molecule has 72 valence electrons. The first kappa shape index (κ1) is 9.92. The Morgan fingerprint density at radius 3 is 2.69 bits per heavy atom. The molecule has 1 heterocycles. The van der Waals surface area contributed by atoms with Gasteiger partial charge in [0.05, 0.1) is 5.69 Å². The van der Waals surface area contributed by atoms with Crippen molar-refractivity contribution in [3.63, 3.8) is 0 Å². The van der Waals surface area contributed by atoms with Gasteiger partial charge in [-0.1, -0.05) is 0 Å². The summed E-state index contributed by atoms with van der Waals surface area (Å²) >= 11 is 0. The van der Waals surface area contributed by atoms with Crippen molar-refractivity contribution < 1.29 is 0 Å². The third kappa shape index (κ3) is 2.99. The fourth-order valence-corrected chi connectivity index (χ4v) is 0.933. The molecule has 4 heteroatoms. The molecule has 1 atom stereocenters. The number of aromatic nitrogens is 2. The first-order chi connectivity index (χ1) is 6.24. The molecule has 0 saturated heterocycles. The number of hydrogen-bond acceptors (Lipinski definition) is 4. The summed E-state index contributed by atoms with van der Waals surface area (Å²) in [5.74, 6) is 0.865. The lowest BCUT2D eigenvalue weighted by molar-refractivity contribution is 0.636. The maximum Gasteiger partial charge on any atom is 0.147 e. The van der Waals surface area contributed by atoms with Crippen LogP contribution < -0.4 is 10.6 Å². The molecule has 0 bridgehead atoms. The molecule has 1 unspecified atom stereocenters. The second-order valence-corrected chi connectivity index (χ2v) is 3.06. The van der Waals surface area contributed by atoms with Crippen molar-refractivity contribution in [3.05, 3.63) is 18.1 Å². The summed E-state index contributed by atoms with van der Waals surface area (Å²) in [6.07, 6.45) is 3.39. The lowest BCUT2D eigenvalue weighted by atomic mass is 10.3. The van der Waals surface area contributed by atoms with Crippen LogP contribution in [0.15, 0.2) is 12.4 Å². The van der Waals surface area contributed by atoms with Crippen molar-refractivity contribution in [2.45, 2.75) is 19.9 Å². The molecule has 0 spiro atoms. The van der Waals surface area contributed by atoms with Gasteiger partial charge in [-0.25, -0.2) is 4.98 Å². The molecule has 0 aliphatic rings. The third-order valence-corrected chi connectivity index (χ3v) is 1.95. The van der Waals surface area contributed by atoms with Gasteiger partial charge in [-0.05, 0) is 20.9 Å². The van der Waals surface area contributed by atoms with E-state index < -0.39 is 0 Å². The smallest absolute Gasteiger partial charge is 0.147 e. The Morgan fingerprint density at radius 1 is 1.38 bits per heavy atom. The molecule has 0 radical (unpaired) electrons. The van der Waals surface area contributed by atoms with Gasteiger partial charge in [0.2, 0.25) is 0 Å².